The number of carbonyl (C=O) groups is 3. The molecule has 0 aliphatic carbocycles. The van der Waals surface area contributed by atoms with Gasteiger partial charge in [-0.15, -0.1) is 5.10 Å². The summed E-state index contributed by atoms with van der Waals surface area (Å²) in [6.45, 7) is 14.4. The van der Waals surface area contributed by atoms with Crippen LogP contribution in [0.5, 0.6) is 0 Å². The molecular formula is C40H70N8O12. The molecule has 20 nitrogen and oxygen atoms in total. The van der Waals surface area contributed by atoms with Crippen LogP contribution in [0.1, 0.15) is 50.4 Å². The molecule has 2 rings (SSSR count). The molecule has 0 bridgehead atoms. The van der Waals surface area contributed by atoms with Crippen LogP contribution in [0.2, 0.25) is 0 Å². The van der Waals surface area contributed by atoms with Gasteiger partial charge < -0.3 is 70.0 Å². The maximum absolute atomic E-state index is 13.3. The van der Waals surface area contributed by atoms with E-state index in [4.69, 9.17) is 54.1 Å². The average Bonchev–Trinajstić information content (AvgIpc) is 3.69. The van der Waals surface area contributed by atoms with Gasteiger partial charge in [0.15, 0.2) is 0 Å². The minimum Gasteiger partial charge on any atom is -0.382 e. The predicted molar refractivity (Wildman–Crippen MR) is 222 cm³/mol. The number of nitrogens with zero attached hydrogens (tertiary/aromatic N) is 3. The Balaban J connectivity index is 1.58. The molecule has 1 heterocycles. The number of aromatic nitrogens is 3. The number of methoxy groups -OCH3 is 1. The largest absolute Gasteiger partial charge is 0.382 e. The van der Waals surface area contributed by atoms with E-state index in [9.17, 15) is 14.4 Å². The highest BCUT2D eigenvalue weighted by molar-refractivity contribution is 5.98. The van der Waals surface area contributed by atoms with E-state index in [1.165, 1.54) is 0 Å². The Morgan fingerprint density at radius 2 is 1.28 bits per heavy atom. The van der Waals surface area contributed by atoms with E-state index in [-0.39, 0.29) is 32.1 Å². The fourth-order valence-corrected chi connectivity index (χ4v) is 5.27. The molecule has 7 N–H and O–H groups in total. The molecule has 0 spiro atoms. The number of amides is 4. The van der Waals surface area contributed by atoms with Gasteiger partial charge >= 0.3 is 6.03 Å². The number of aryl methyl sites for hydroxylation is 1. The number of carbonyl (C=O) groups excluding carboxylic acids is 3. The zero-order chi connectivity index (χ0) is 43.6. The lowest BCUT2D eigenvalue weighted by Gasteiger charge is -2.22. The molecule has 1 aromatic carbocycles. The lowest BCUT2D eigenvalue weighted by atomic mass is 10.0. The third kappa shape index (κ3) is 25.1. The molecule has 60 heavy (non-hydrogen) atoms. The molecule has 0 aliphatic heterocycles. The van der Waals surface area contributed by atoms with Crippen molar-refractivity contribution in [1.29, 1.82) is 0 Å². The van der Waals surface area contributed by atoms with Gasteiger partial charge in [-0.05, 0) is 48.4 Å². The van der Waals surface area contributed by atoms with Crippen molar-refractivity contribution < 1.29 is 57.0 Å². The van der Waals surface area contributed by atoms with Gasteiger partial charge in [-0.2, -0.15) is 0 Å². The molecule has 0 aliphatic rings. The van der Waals surface area contributed by atoms with Crippen LogP contribution >= 0.6 is 0 Å². The first kappa shape index (κ1) is 52.3. The van der Waals surface area contributed by atoms with E-state index in [0.29, 0.717) is 123 Å². The fourth-order valence-electron chi connectivity index (χ4n) is 5.27. The molecule has 2 atom stereocenters. The van der Waals surface area contributed by atoms with Crippen molar-refractivity contribution in [2.45, 2.75) is 71.9 Å². The monoisotopic (exact) mass is 855 g/mol. The molecule has 4 amide bonds. The molecule has 0 saturated carbocycles. The summed E-state index contributed by atoms with van der Waals surface area (Å²) in [6, 6.07) is 3.30. The minimum atomic E-state index is -0.871. The van der Waals surface area contributed by atoms with Crippen molar-refractivity contribution in [2.75, 3.05) is 118 Å². The van der Waals surface area contributed by atoms with Crippen LogP contribution in [0.15, 0.2) is 24.4 Å². The number of rotatable bonds is 38. The van der Waals surface area contributed by atoms with Gasteiger partial charge in [-0.3, -0.25) is 9.59 Å². The summed E-state index contributed by atoms with van der Waals surface area (Å²) in [5.74, 6) is -0.944. The lowest BCUT2D eigenvalue weighted by Crippen LogP contribution is -2.51. The number of urea groups is 1. The van der Waals surface area contributed by atoms with E-state index < -0.39 is 29.9 Å². The predicted octanol–water partition coefficient (Wildman–Crippen LogP) is 1.18. The number of anilines is 1. The van der Waals surface area contributed by atoms with Crippen LogP contribution in [0, 0.1) is 5.92 Å². The zero-order valence-corrected chi connectivity index (χ0v) is 36.0. The number of hydrogen-bond acceptors (Lipinski definition) is 15. The number of ether oxygens (including phenoxy) is 9. The second-order valence-electron chi connectivity index (χ2n) is 13.8. The second kappa shape index (κ2) is 33.8. The zero-order valence-electron chi connectivity index (χ0n) is 36.0. The van der Waals surface area contributed by atoms with Gasteiger partial charge in [0, 0.05) is 19.3 Å². The summed E-state index contributed by atoms with van der Waals surface area (Å²) in [5.41, 5.74) is 14.4. The molecule has 2 aromatic rings. The molecule has 342 valence electrons. The average molecular weight is 855 g/mol. The number of primary amides is 1. The number of nitrogens with one attached hydrogen (secondary N) is 3. The highest BCUT2D eigenvalue weighted by Gasteiger charge is 2.25. The Hall–Kier alpha value is -3.83. The van der Waals surface area contributed by atoms with Crippen molar-refractivity contribution in [3.63, 3.8) is 0 Å². The van der Waals surface area contributed by atoms with Crippen LogP contribution < -0.4 is 27.4 Å². The number of hydrogen-bond donors (Lipinski definition) is 5. The summed E-state index contributed by atoms with van der Waals surface area (Å²) in [7, 11) is 1.64. The first-order valence-corrected chi connectivity index (χ1v) is 20.7. The van der Waals surface area contributed by atoms with E-state index >= 15 is 0 Å². The number of nitrogens with two attached hydrogens (primary N) is 2. The highest BCUT2D eigenvalue weighted by atomic mass is 16.6. The summed E-state index contributed by atoms with van der Waals surface area (Å²) in [4.78, 5) is 37.1. The molecule has 0 fully saturated rings. The third-order valence-corrected chi connectivity index (χ3v) is 8.70. The van der Waals surface area contributed by atoms with Crippen LogP contribution in [0.25, 0.3) is 0 Å². The summed E-state index contributed by atoms with van der Waals surface area (Å²) < 4.78 is 51.0. The smallest absolute Gasteiger partial charge is 0.312 e. The minimum absolute atomic E-state index is 0.113. The van der Waals surface area contributed by atoms with Gasteiger partial charge in [0.2, 0.25) is 11.8 Å². The van der Waals surface area contributed by atoms with Gasteiger partial charge in [-0.25, -0.2) is 9.48 Å². The molecule has 0 saturated heterocycles. The fraction of sp³-hybridized carbons (Fsp3) is 0.725. The Morgan fingerprint density at radius 1 is 0.733 bits per heavy atom. The van der Waals surface area contributed by atoms with Crippen LogP contribution in [0.3, 0.4) is 0 Å². The number of benzene rings is 1. The Kier molecular flexibility index (Phi) is 29.5. The van der Waals surface area contributed by atoms with Crippen molar-refractivity contribution in [2.24, 2.45) is 17.4 Å². The highest BCUT2D eigenvalue weighted by Crippen LogP contribution is 2.19. The van der Waals surface area contributed by atoms with Gasteiger partial charge in [-0.1, -0.05) is 32.1 Å². The maximum Gasteiger partial charge on any atom is 0.312 e. The molecular weight excluding hydrogens is 784 g/mol. The van der Waals surface area contributed by atoms with Crippen LogP contribution in [-0.4, -0.2) is 158 Å². The van der Waals surface area contributed by atoms with Gasteiger partial charge in [0.05, 0.1) is 131 Å². The van der Waals surface area contributed by atoms with Crippen molar-refractivity contribution in [3.8, 4) is 0 Å². The van der Waals surface area contributed by atoms with Gasteiger partial charge in [0.1, 0.15) is 11.7 Å². The second-order valence-corrected chi connectivity index (χ2v) is 13.8. The van der Waals surface area contributed by atoms with Crippen molar-refractivity contribution in [1.82, 2.24) is 25.6 Å². The molecule has 20 heteroatoms. The summed E-state index contributed by atoms with van der Waals surface area (Å²) in [6.07, 6.45) is 3.26. The first-order chi connectivity index (χ1) is 29.1. The topological polar surface area (TPSA) is 253 Å². The Labute approximate surface area is 354 Å². The third-order valence-electron chi connectivity index (χ3n) is 8.70. The van der Waals surface area contributed by atoms with E-state index in [1.807, 2.05) is 45.2 Å². The first-order valence-electron chi connectivity index (χ1n) is 20.7. The molecule has 0 unspecified atom stereocenters. The summed E-state index contributed by atoms with van der Waals surface area (Å²) >= 11 is 0. The van der Waals surface area contributed by atoms with Gasteiger partial charge in [0.25, 0.3) is 0 Å². The van der Waals surface area contributed by atoms with E-state index in [0.717, 1.165) is 17.5 Å². The van der Waals surface area contributed by atoms with Crippen LogP contribution in [0.4, 0.5) is 10.5 Å². The Morgan fingerprint density at radius 3 is 1.80 bits per heavy atom. The summed E-state index contributed by atoms with van der Waals surface area (Å²) in [5, 5.41) is 16.5. The lowest BCUT2D eigenvalue weighted by molar-refractivity contribution is -0.128. The van der Waals surface area contributed by atoms with Crippen molar-refractivity contribution >= 4 is 23.5 Å². The van der Waals surface area contributed by atoms with Crippen molar-refractivity contribution in [3.05, 3.63) is 41.2 Å². The Bertz CT molecular complexity index is 1440. The van der Waals surface area contributed by atoms with Crippen LogP contribution in [-0.2, 0) is 78.4 Å². The standard InChI is InChI=1S/C40H70N8O12/c1-5-32-8-9-34(44-38(49)36(7-6-10-43-40(42)51)45-39(50)37(41)31(2)3)27-33(32)29-60-30-35-28-48(47-46-35)11-12-53-15-16-55-19-20-57-23-24-59-26-25-58-22-21-56-18-17-54-14-13-52-4/h8-9,27-28,31,36-37H,5-7,10-26,29-30,41H2,1-4H3,(H,44,49)(H,45,50)(H3,42,43,51)/t36-,37-/m0/s1. The quantitative estimate of drug-likeness (QED) is 0.0595. The molecule has 1 aromatic heterocycles. The normalized spacial score (nSPS) is 12.4. The van der Waals surface area contributed by atoms with E-state index in [1.54, 1.807) is 11.8 Å². The maximum atomic E-state index is 13.3. The molecule has 0 radical (unpaired) electrons. The SMILES string of the molecule is CCc1ccc(NC(=O)[C@H](CCCNC(N)=O)NC(=O)[C@@H](N)C(C)C)cc1COCc1cn(CCOCCOCCOCCOCCOCCOCCOCCOC)nn1. The van der Waals surface area contributed by atoms with E-state index in [2.05, 4.69) is 26.3 Å².